The summed E-state index contributed by atoms with van der Waals surface area (Å²) in [6, 6.07) is 16.1. The second kappa shape index (κ2) is 8.23. The normalized spacial score (nSPS) is 16.5. The predicted molar refractivity (Wildman–Crippen MR) is 99.6 cm³/mol. The van der Waals surface area contributed by atoms with Crippen LogP contribution < -0.4 is 14.4 Å². The second-order valence-electron chi connectivity index (χ2n) is 6.25. The average Bonchev–Trinajstić information content (AvgIpc) is 2.68. The molecule has 5 nitrogen and oxygen atoms in total. The molecule has 0 radical (unpaired) electrons. The molecule has 1 aliphatic rings. The molecule has 2 aromatic carbocycles. The van der Waals surface area contributed by atoms with Crippen molar-refractivity contribution in [2.45, 2.75) is 6.10 Å². The second-order valence-corrected chi connectivity index (χ2v) is 6.25. The molecule has 0 spiro atoms. The smallest absolute Gasteiger partial charge is 0.161 e. The Balaban J connectivity index is 1.57. The molecule has 1 atom stereocenters. The minimum Gasteiger partial charge on any atom is -0.493 e. The number of piperazine rings is 1. The zero-order valence-electron chi connectivity index (χ0n) is 14.9. The van der Waals surface area contributed by atoms with Gasteiger partial charge in [-0.15, -0.1) is 0 Å². The van der Waals surface area contributed by atoms with Crippen molar-refractivity contribution in [3.8, 4) is 11.5 Å². The first-order chi connectivity index (χ1) is 12.2. The van der Waals surface area contributed by atoms with Gasteiger partial charge in [-0.05, 0) is 29.8 Å². The van der Waals surface area contributed by atoms with E-state index in [0.717, 1.165) is 31.7 Å². The van der Waals surface area contributed by atoms with E-state index >= 15 is 0 Å². The number of nitrogens with zero attached hydrogens (tertiary/aromatic N) is 2. The lowest BCUT2D eigenvalue weighted by atomic mass is 10.1. The summed E-state index contributed by atoms with van der Waals surface area (Å²) in [5, 5.41) is 10.6. The van der Waals surface area contributed by atoms with Gasteiger partial charge in [-0.3, -0.25) is 4.90 Å². The monoisotopic (exact) mass is 342 g/mol. The molecule has 1 fully saturated rings. The molecule has 1 heterocycles. The lowest BCUT2D eigenvalue weighted by Gasteiger charge is -2.37. The number of para-hydroxylation sites is 1. The third kappa shape index (κ3) is 4.24. The number of hydrogen-bond donors (Lipinski definition) is 1. The van der Waals surface area contributed by atoms with Crippen LogP contribution in [0.4, 0.5) is 5.69 Å². The Morgan fingerprint density at radius 2 is 1.60 bits per heavy atom. The highest BCUT2D eigenvalue weighted by atomic mass is 16.5. The van der Waals surface area contributed by atoms with E-state index in [9.17, 15) is 5.11 Å². The molecule has 134 valence electrons. The first kappa shape index (κ1) is 17.6. The van der Waals surface area contributed by atoms with E-state index in [1.807, 2.05) is 24.3 Å². The quantitative estimate of drug-likeness (QED) is 0.874. The van der Waals surface area contributed by atoms with Crippen LogP contribution in [0, 0.1) is 0 Å². The van der Waals surface area contributed by atoms with Crippen molar-refractivity contribution in [3.63, 3.8) is 0 Å². The maximum Gasteiger partial charge on any atom is 0.161 e. The van der Waals surface area contributed by atoms with Crippen LogP contribution in [-0.4, -0.2) is 56.9 Å². The van der Waals surface area contributed by atoms with Crippen LogP contribution in [0.15, 0.2) is 48.5 Å². The minimum atomic E-state index is -0.539. The summed E-state index contributed by atoms with van der Waals surface area (Å²) in [4.78, 5) is 4.69. The molecule has 25 heavy (non-hydrogen) atoms. The molecule has 0 aliphatic carbocycles. The van der Waals surface area contributed by atoms with Gasteiger partial charge in [-0.1, -0.05) is 24.3 Å². The van der Waals surface area contributed by atoms with E-state index < -0.39 is 6.10 Å². The Labute approximate surface area is 149 Å². The van der Waals surface area contributed by atoms with Gasteiger partial charge >= 0.3 is 0 Å². The van der Waals surface area contributed by atoms with E-state index in [1.165, 1.54) is 5.69 Å². The number of β-amino-alcohol motifs (C(OH)–C–C–N with tert-alkyl or cyclic N) is 1. The number of ether oxygens (including phenoxy) is 2. The fraction of sp³-hybridized carbons (Fsp3) is 0.400. The van der Waals surface area contributed by atoms with Crippen molar-refractivity contribution in [2.24, 2.45) is 0 Å². The fourth-order valence-corrected chi connectivity index (χ4v) is 3.24. The molecule has 1 saturated heterocycles. The number of benzene rings is 2. The average molecular weight is 342 g/mol. The summed E-state index contributed by atoms with van der Waals surface area (Å²) >= 11 is 0. The molecule has 2 aromatic rings. The van der Waals surface area contributed by atoms with E-state index in [4.69, 9.17) is 9.47 Å². The molecule has 0 saturated carbocycles. The van der Waals surface area contributed by atoms with Gasteiger partial charge in [0.2, 0.25) is 0 Å². The van der Waals surface area contributed by atoms with Crippen LogP contribution in [0.5, 0.6) is 11.5 Å². The molecule has 1 aliphatic heterocycles. The van der Waals surface area contributed by atoms with E-state index in [0.29, 0.717) is 18.0 Å². The Morgan fingerprint density at radius 1 is 0.920 bits per heavy atom. The summed E-state index contributed by atoms with van der Waals surface area (Å²) in [5.74, 6) is 1.32. The van der Waals surface area contributed by atoms with Gasteiger partial charge in [-0.2, -0.15) is 0 Å². The Kier molecular flexibility index (Phi) is 5.79. The van der Waals surface area contributed by atoms with Gasteiger partial charge in [-0.25, -0.2) is 0 Å². The Bertz CT molecular complexity index is 670. The zero-order valence-corrected chi connectivity index (χ0v) is 14.9. The first-order valence-electron chi connectivity index (χ1n) is 8.63. The highest BCUT2D eigenvalue weighted by molar-refractivity contribution is 5.46. The van der Waals surface area contributed by atoms with Gasteiger partial charge in [0.25, 0.3) is 0 Å². The Hall–Kier alpha value is -2.24. The number of aliphatic hydroxyl groups is 1. The van der Waals surface area contributed by atoms with Crippen molar-refractivity contribution in [1.82, 2.24) is 4.90 Å². The molecule has 3 rings (SSSR count). The van der Waals surface area contributed by atoms with Gasteiger partial charge in [0.05, 0.1) is 20.3 Å². The molecule has 1 N–H and O–H groups in total. The number of anilines is 1. The van der Waals surface area contributed by atoms with Crippen LogP contribution in [0.2, 0.25) is 0 Å². The van der Waals surface area contributed by atoms with Crippen molar-refractivity contribution < 1.29 is 14.6 Å². The fourth-order valence-electron chi connectivity index (χ4n) is 3.24. The molecule has 0 bridgehead atoms. The van der Waals surface area contributed by atoms with Crippen molar-refractivity contribution in [3.05, 3.63) is 54.1 Å². The Morgan fingerprint density at radius 3 is 2.24 bits per heavy atom. The van der Waals surface area contributed by atoms with Crippen LogP contribution in [0.25, 0.3) is 0 Å². The maximum absolute atomic E-state index is 10.6. The van der Waals surface area contributed by atoms with Gasteiger partial charge in [0, 0.05) is 38.4 Å². The van der Waals surface area contributed by atoms with Gasteiger partial charge < -0.3 is 19.5 Å². The topological polar surface area (TPSA) is 45.2 Å². The molecular formula is C20H26N2O3. The predicted octanol–water partition coefficient (Wildman–Crippen LogP) is 2.56. The molecule has 0 unspecified atom stereocenters. The summed E-state index contributed by atoms with van der Waals surface area (Å²) in [6.45, 7) is 4.46. The molecule has 5 heteroatoms. The number of methoxy groups -OCH3 is 2. The summed E-state index contributed by atoms with van der Waals surface area (Å²) in [5.41, 5.74) is 2.12. The largest absolute Gasteiger partial charge is 0.493 e. The number of hydrogen-bond acceptors (Lipinski definition) is 5. The van der Waals surface area contributed by atoms with E-state index in [2.05, 4.69) is 34.1 Å². The third-order valence-corrected chi connectivity index (χ3v) is 4.72. The lowest BCUT2D eigenvalue weighted by molar-refractivity contribution is 0.109. The maximum atomic E-state index is 10.6. The lowest BCUT2D eigenvalue weighted by Crippen LogP contribution is -2.47. The molecule has 0 aromatic heterocycles. The van der Waals surface area contributed by atoms with Crippen LogP contribution >= 0.6 is 0 Å². The standard InChI is InChI=1S/C20H26N2O3/c1-24-19-9-8-16(14-20(19)25-2)18(23)15-21-10-12-22(13-11-21)17-6-4-3-5-7-17/h3-9,14,18,23H,10-13,15H2,1-2H3/t18-/m0/s1. The van der Waals surface area contributed by atoms with Crippen LogP contribution in [0.1, 0.15) is 11.7 Å². The van der Waals surface area contributed by atoms with Crippen LogP contribution in [-0.2, 0) is 0 Å². The number of rotatable bonds is 6. The molecular weight excluding hydrogens is 316 g/mol. The van der Waals surface area contributed by atoms with E-state index in [1.54, 1.807) is 14.2 Å². The van der Waals surface area contributed by atoms with Gasteiger partial charge in [0.1, 0.15) is 0 Å². The summed E-state index contributed by atoms with van der Waals surface area (Å²) in [7, 11) is 3.22. The minimum absolute atomic E-state index is 0.539. The van der Waals surface area contributed by atoms with Gasteiger partial charge in [0.15, 0.2) is 11.5 Å². The summed E-state index contributed by atoms with van der Waals surface area (Å²) < 4.78 is 10.6. The molecule has 0 amide bonds. The zero-order chi connectivity index (χ0) is 17.6. The number of aliphatic hydroxyl groups excluding tert-OH is 1. The van der Waals surface area contributed by atoms with Crippen molar-refractivity contribution in [1.29, 1.82) is 0 Å². The van der Waals surface area contributed by atoms with Crippen molar-refractivity contribution in [2.75, 3.05) is 51.8 Å². The summed E-state index contributed by atoms with van der Waals surface area (Å²) in [6.07, 6.45) is -0.539. The third-order valence-electron chi connectivity index (χ3n) is 4.72. The van der Waals surface area contributed by atoms with E-state index in [-0.39, 0.29) is 0 Å². The van der Waals surface area contributed by atoms with Crippen LogP contribution in [0.3, 0.4) is 0 Å². The van der Waals surface area contributed by atoms with Crippen molar-refractivity contribution >= 4 is 5.69 Å². The SMILES string of the molecule is COc1ccc([C@@H](O)CN2CCN(c3ccccc3)CC2)cc1OC. The first-order valence-corrected chi connectivity index (χ1v) is 8.63. The highest BCUT2D eigenvalue weighted by Gasteiger charge is 2.20. The highest BCUT2D eigenvalue weighted by Crippen LogP contribution is 2.30.